The average molecular weight is 325 g/mol. The molecule has 0 radical (unpaired) electrons. The number of fused-ring (bicyclic) bond motifs is 1. The number of hydrogen-bond acceptors (Lipinski definition) is 1. The molecule has 0 N–H and O–H groups in total. The van der Waals surface area contributed by atoms with E-state index in [2.05, 4.69) is 38.6 Å². The lowest BCUT2D eigenvalue weighted by molar-refractivity contribution is 1.40. The van der Waals surface area contributed by atoms with E-state index in [1.165, 1.54) is 0 Å². The minimum atomic E-state index is 0.772. The van der Waals surface area contributed by atoms with Gasteiger partial charge in [0.1, 0.15) is 0 Å². The Morgan fingerprint density at radius 3 is 2.35 bits per heavy atom. The Bertz CT molecular complexity index is 740. The van der Waals surface area contributed by atoms with Crippen molar-refractivity contribution in [2.24, 2.45) is 9.98 Å². The van der Waals surface area contributed by atoms with Crippen LogP contribution in [0.2, 0.25) is 0 Å². The van der Waals surface area contributed by atoms with Crippen LogP contribution in [0.3, 0.4) is 0 Å². The third kappa shape index (κ3) is 2.14. The summed E-state index contributed by atoms with van der Waals surface area (Å²) in [6, 6.07) is 16.2. The van der Waals surface area contributed by atoms with Crippen LogP contribution in [0, 0.1) is 0 Å². The van der Waals surface area contributed by atoms with Crippen LogP contribution in [-0.4, -0.2) is 18.6 Å². The number of nitrogens with zero attached hydrogens (tertiary/aromatic N) is 2. The van der Waals surface area contributed by atoms with Crippen molar-refractivity contribution in [2.45, 2.75) is 0 Å². The van der Waals surface area contributed by atoms with E-state index in [0.29, 0.717) is 0 Å². The topological polar surface area (TPSA) is 24.7 Å². The zero-order valence-corrected chi connectivity index (χ0v) is 12.7. The van der Waals surface area contributed by atoms with Crippen molar-refractivity contribution in [3.8, 4) is 0 Å². The fourth-order valence-electron chi connectivity index (χ4n) is 2.30. The van der Waals surface area contributed by atoms with Crippen molar-refractivity contribution in [2.75, 3.05) is 7.05 Å². The largest absolute Gasteiger partial charge is 0.270 e. The van der Waals surface area contributed by atoms with Crippen molar-refractivity contribution < 1.29 is 0 Å². The van der Waals surface area contributed by atoms with Gasteiger partial charge < -0.3 is 0 Å². The molecule has 0 fully saturated rings. The first-order chi connectivity index (χ1) is 9.70. The second kappa shape index (κ2) is 5.17. The summed E-state index contributed by atoms with van der Waals surface area (Å²) in [5, 5.41) is 0. The molecule has 1 aliphatic heterocycles. The van der Waals surface area contributed by atoms with Gasteiger partial charge in [-0.15, -0.1) is 0 Å². The van der Waals surface area contributed by atoms with Gasteiger partial charge in [0, 0.05) is 28.2 Å². The predicted molar refractivity (Wildman–Crippen MR) is 88.6 cm³/mol. The number of hydrogen-bond donors (Lipinski definition) is 0. The monoisotopic (exact) mass is 324 g/mol. The van der Waals surface area contributed by atoms with Crippen LogP contribution in [0.25, 0.3) is 5.57 Å². The summed E-state index contributed by atoms with van der Waals surface area (Å²) in [7, 11) is 1.76. The van der Waals surface area contributed by atoms with Crippen LogP contribution >= 0.6 is 15.9 Å². The molecule has 3 rings (SSSR count). The van der Waals surface area contributed by atoms with Gasteiger partial charge in [-0.05, 0) is 17.7 Å². The van der Waals surface area contributed by atoms with Crippen molar-refractivity contribution >= 4 is 33.1 Å². The first-order valence-corrected chi connectivity index (χ1v) is 7.10. The van der Waals surface area contributed by atoms with Crippen LogP contribution < -0.4 is 0 Å². The van der Waals surface area contributed by atoms with E-state index < -0.39 is 0 Å². The molecule has 0 bridgehead atoms. The Kier molecular flexibility index (Phi) is 3.36. The molecule has 3 heteroatoms. The summed E-state index contributed by atoms with van der Waals surface area (Å²) in [5.74, 6) is 0.772. The molecule has 98 valence electrons. The number of allylic oxidation sites excluding steroid dienone is 1. The Labute approximate surface area is 126 Å². The third-order valence-corrected chi connectivity index (χ3v) is 3.86. The zero-order valence-electron chi connectivity index (χ0n) is 11.1. The van der Waals surface area contributed by atoms with Crippen LogP contribution in [0.4, 0.5) is 0 Å². The average Bonchev–Trinajstić information content (AvgIpc) is 2.86. The normalized spacial score (nSPS) is 15.1. The van der Waals surface area contributed by atoms with E-state index in [9.17, 15) is 0 Å². The number of benzene rings is 2. The summed E-state index contributed by atoms with van der Waals surface area (Å²) >= 11 is 3.45. The van der Waals surface area contributed by atoms with Gasteiger partial charge in [0.15, 0.2) is 5.84 Å². The Balaban J connectivity index is 2.07. The maximum Gasteiger partial charge on any atom is 0.155 e. The van der Waals surface area contributed by atoms with Crippen LogP contribution in [0.15, 0.2) is 69.6 Å². The fourth-order valence-corrected chi connectivity index (χ4v) is 2.56. The summed E-state index contributed by atoms with van der Waals surface area (Å²) in [6.07, 6.45) is 0. The van der Waals surface area contributed by atoms with E-state index in [4.69, 9.17) is 0 Å². The molecule has 0 spiro atoms. The third-order valence-electron chi connectivity index (χ3n) is 3.33. The molecule has 1 aliphatic rings. The SMILES string of the molecule is C=C(C1=NC(=NC)c2ccccc21)c1ccc(Br)cc1. The van der Waals surface area contributed by atoms with Gasteiger partial charge in [0.25, 0.3) is 0 Å². The Morgan fingerprint density at radius 2 is 1.70 bits per heavy atom. The molecule has 2 aromatic carbocycles. The molecule has 0 atom stereocenters. The fraction of sp³-hybridized carbons (Fsp3) is 0.0588. The van der Waals surface area contributed by atoms with Crippen molar-refractivity contribution in [3.63, 3.8) is 0 Å². The molecule has 1 heterocycles. The summed E-state index contributed by atoms with van der Waals surface area (Å²) < 4.78 is 1.05. The molecule has 0 amide bonds. The lowest BCUT2D eigenvalue weighted by Crippen LogP contribution is -2.01. The molecule has 0 aliphatic carbocycles. The van der Waals surface area contributed by atoms with Crippen LogP contribution in [0.1, 0.15) is 16.7 Å². The number of rotatable bonds is 2. The lowest BCUT2D eigenvalue weighted by atomic mass is 9.96. The maximum atomic E-state index is 4.63. The molecular formula is C17H13BrN2. The number of aliphatic imine (C=N–C) groups is 2. The molecule has 0 saturated heterocycles. The lowest BCUT2D eigenvalue weighted by Gasteiger charge is -2.07. The molecule has 0 aromatic heterocycles. The highest BCUT2D eigenvalue weighted by Crippen LogP contribution is 2.27. The molecule has 0 saturated carbocycles. The van der Waals surface area contributed by atoms with Gasteiger partial charge in [0.05, 0.1) is 5.71 Å². The second-order valence-electron chi connectivity index (χ2n) is 4.54. The second-order valence-corrected chi connectivity index (χ2v) is 5.45. The summed E-state index contributed by atoms with van der Waals surface area (Å²) in [4.78, 5) is 8.88. The molecular weight excluding hydrogens is 312 g/mol. The van der Waals surface area contributed by atoms with E-state index in [0.717, 1.165) is 38.3 Å². The van der Waals surface area contributed by atoms with Gasteiger partial charge >= 0.3 is 0 Å². The maximum absolute atomic E-state index is 4.63. The Hall–Kier alpha value is -2.00. The van der Waals surface area contributed by atoms with Crippen molar-refractivity contribution in [1.29, 1.82) is 0 Å². The zero-order chi connectivity index (χ0) is 14.1. The van der Waals surface area contributed by atoms with Gasteiger partial charge in [-0.2, -0.15) is 0 Å². The highest BCUT2D eigenvalue weighted by atomic mass is 79.9. The summed E-state index contributed by atoms with van der Waals surface area (Å²) in [6.45, 7) is 4.20. The highest BCUT2D eigenvalue weighted by Gasteiger charge is 2.22. The van der Waals surface area contributed by atoms with Gasteiger partial charge in [-0.1, -0.05) is 58.9 Å². The van der Waals surface area contributed by atoms with E-state index in [1.54, 1.807) is 7.05 Å². The molecule has 2 nitrogen and oxygen atoms in total. The minimum Gasteiger partial charge on any atom is -0.270 e. The predicted octanol–water partition coefficient (Wildman–Crippen LogP) is 4.34. The van der Waals surface area contributed by atoms with Gasteiger partial charge in [-0.3, -0.25) is 4.99 Å². The quantitative estimate of drug-likeness (QED) is 0.785. The minimum absolute atomic E-state index is 0.772. The first kappa shape index (κ1) is 13.0. The number of halogens is 1. The van der Waals surface area contributed by atoms with Crippen LogP contribution in [-0.2, 0) is 0 Å². The highest BCUT2D eigenvalue weighted by molar-refractivity contribution is 9.10. The first-order valence-electron chi connectivity index (χ1n) is 6.31. The van der Waals surface area contributed by atoms with E-state index in [1.807, 2.05) is 42.5 Å². The Morgan fingerprint density at radius 1 is 1.05 bits per heavy atom. The molecule has 20 heavy (non-hydrogen) atoms. The van der Waals surface area contributed by atoms with Gasteiger partial charge in [0.2, 0.25) is 0 Å². The van der Waals surface area contributed by atoms with E-state index in [-0.39, 0.29) is 0 Å². The van der Waals surface area contributed by atoms with E-state index >= 15 is 0 Å². The smallest absolute Gasteiger partial charge is 0.155 e. The van der Waals surface area contributed by atoms with Crippen molar-refractivity contribution in [1.82, 2.24) is 0 Å². The summed E-state index contributed by atoms with van der Waals surface area (Å²) in [5.41, 5.74) is 5.07. The van der Waals surface area contributed by atoms with Gasteiger partial charge in [-0.25, -0.2) is 4.99 Å². The molecule has 2 aromatic rings. The molecule has 0 unspecified atom stereocenters. The van der Waals surface area contributed by atoms with Crippen molar-refractivity contribution in [3.05, 3.63) is 76.3 Å². The number of amidine groups is 1. The standard InChI is InChI=1S/C17H13BrN2/c1-11(12-7-9-13(18)10-8-12)16-14-5-3-4-6-15(14)17(19-2)20-16/h3-10H,1H2,2H3. The van der Waals surface area contributed by atoms with Crippen LogP contribution in [0.5, 0.6) is 0 Å².